The number of nitrogens with zero attached hydrogens (tertiary/aromatic N) is 4. The van der Waals surface area contributed by atoms with E-state index in [1.807, 2.05) is 0 Å². The first-order chi connectivity index (χ1) is 7.66. The zero-order chi connectivity index (χ0) is 11.5. The van der Waals surface area contributed by atoms with Crippen LogP contribution in [-0.2, 0) is 7.05 Å². The molecule has 0 radical (unpaired) electrons. The molecule has 82 valence electrons. The minimum Gasteiger partial charge on any atom is -0.434 e. The molecule has 0 fully saturated rings. The summed E-state index contributed by atoms with van der Waals surface area (Å²) in [6.45, 7) is 0. The second-order valence-corrected chi connectivity index (χ2v) is 3.51. The molecule has 16 heavy (non-hydrogen) atoms. The molecule has 0 bridgehead atoms. The summed E-state index contributed by atoms with van der Waals surface area (Å²) >= 11 is 4.88. The lowest BCUT2D eigenvalue weighted by atomic mass is 10.3. The van der Waals surface area contributed by atoms with Gasteiger partial charge in [0.2, 0.25) is 5.88 Å². The summed E-state index contributed by atoms with van der Waals surface area (Å²) in [6.07, 6.45) is 4.78. The molecular weight excluding hydrogens is 226 g/mol. The van der Waals surface area contributed by atoms with E-state index >= 15 is 0 Å². The molecule has 0 unspecified atom stereocenters. The highest BCUT2D eigenvalue weighted by Crippen LogP contribution is 2.21. The summed E-state index contributed by atoms with van der Waals surface area (Å²) in [5.41, 5.74) is 6.09. The molecular formula is C9H9N5OS. The summed E-state index contributed by atoms with van der Waals surface area (Å²) in [7, 11) is 1.79. The van der Waals surface area contributed by atoms with E-state index in [0.717, 1.165) is 0 Å². The number of aromatic nitrogens is 4. The van der Waals surface area contributed by atoms with Gasteiger partial charge in [0.05, 0.1) is 24.2 Å². The van der Waals surface area contributed by atoms with Gasteiger partial charge >= 0.3 is 0 Å². The highest BCUT2D eigenvalue weighted by atomic mass is 32.1. The van der Waals surface area contributed by atoms with Crippen molar-refractivity contribution in [3.05, 3.63) is 30.2 Å². The van der Waals surface area contributed by atoms with Gasteiger partial charge in [-0.15, -0.1) is 5.10 Å². The third-order valence-corrected chi connectivity index (χ3v) is 2.07. The lowest BCUT2D eigenvalue weighted by Gasteiger charge is -2.05. The minimum atomic E-state index is 0.216. The molecule has 0 saturated carbocycles. The largest absolute Gasteiger partial charge is 0.434 e. The van der Waals surface area contributed by atoms with Crippen LogP contribution in [0.15, 0.2) is 24.7 Å². The average molecular weight is 235 g/mol. The van der Waals surface area contributed by atoms with Gasteiger partial charge < -0.3 is 10.5 Å². The van der Waals surface area contributed by atoms with Crippen molar-refractivity contribution in [2.45, 2.75) is 0 Å². The first-order valence-corrected chi connectivity index (χ1v) is 4.85. The molecule has 0 amide bonds. The van der Waals surface area contributed by atoms with Crippen molar-refractivity contribution in [1.82, 2.24) is 20.0 Å². The van der Waals surface area contributed by atoms with Gasteiger partial charge in [-0.25, -0.2) is 0 Å². The lowest BCUT2D eigenvalue weighted by Crippen LogP contribution is -2.11. The Hall–Kier alpha value is -2.02. The molecule has 6 nitrogen and oxygen atoms in total. The number of ether oxygens (including phenoxy) is 1. The zero-order valence-corrected chi connectivity index (χ0v) is 9.31. The number of thiocarbonyl (C=S) groups is 1. The van der Waals surface area contributed by atoms with Gasteiger partial charge in [-0.2, -0.15) is 10.2 Å². The Labute approximate surface area is 97.0 Å². The van der Waals surface area contributed by atoms with Gasteiger partial charge in [-0.05, 0) is 6.07 Å². The van der Waals surface area contributed by atoms with E-state index in [4.69, 9.17) is 22.7 Å². The van der Waals surface area contributed by atoms with Crippen LogP contribution in [0.4, 0.5) is 0 Å². The standard InChI is InChI=1S/C9H9N5OS/c1-14-5-6(4-12-14)15-9-7(8(10)16)2-3-11-13-9/h2-5H,1H3,(H2,10,16). The molecule has 7 heteroatoms. The summed E-state index contributed by atoms with van der Waals surface area (Å²) in [5.74, 6) is 0.837. The van der Waals surface area contributed by atoms with Crippen molar-refractivity contribution in [2.75, 3.05) is 0 Å². The van der Waals surface area contributed by atoms with E-state index < -0.39 is 0 Å². The molecule has 0 atom stereocenters. The Morgan fingerprint density at radius 3 is 3.00 bits per heavy atom. The van der Waals surface area contributed by atoms with E-state index in [0.29, 0.717) is 11.3 Å². The second kappa shape index (κ2) is 4.23. The van der Waals surface area contributed by atoms with Crippen molar-refractivity contribution in [3.8, 4) is 11.6 Å². The van der Waals surface area contributed by atoms with Crippen molar-refractivity contribution in [3.63, 3.8) is 0 Å². The minimum absolute atomic E-state index is 0.216. The maximum absolute atomic E-state index is 5.54. The highest BCUT2D eigenvalue weighted by molar-refractivity contribution is 7.80. The zero-order valence-electron chi connectivity index (χ0n) is 8.49. The van der Waals surface area contributed by atoms with Gasteiger partial charge in [0.25, 0.3) is 0 Å². The Morgan fingerprint density at radius 2 is 2.38 bits per heavy atom. The fraction of sp³-hybridized carbons (Fsp3) is 0.111. The van der Waals surface area contributed by atoms with Crippen LogP contribution in [0, 0.1) is 0 Å². The normalized spacial score (nSPS) is 10.1. The average Bonchev–Trinajstić information content (AvgIpc) is 2.64. The Balaban J connectivity index is 2.31. The summed E-state index contributed by atoms with van der Waals surface area (Å²) < 4.78 is 7.08. The van der Waals surface area contributed by atoms with Gasteiger partial charge in [-0.3, -0.25) is 4.68 Å². The van der Waals surface area contributed by atoms with Crippen LogP contribution < -0.4 is 10.5 Å². The lowest BCUT2D eigenvalue weighted by molar-refractivity contribution is 0.453. The van der Waals surface area contributed by atoms with E-state index in [-0.39, 0.29) is 10.9 Å². The fourth-order valence-corrected chi connectivity index (χ4v) is 1.30. The van der Waals surface area contributed by atoms with Crippen LogP contribution >= 0.6 is 12.2 Å². The molecule has 0 aromatic carbocycles. The van der Waals surface area contributed by atoms with E-state index in [9.17, 15) is 0 Å². The molecule has 2 rings (SSSR count). The van der Waals surface area contributed by atoms with Crippen LogP contribution in [-0.4, -0.2) is 25.0 Å². The highest BCUT2D eigenvalue weighted by Gasteiger charge is 2.09. The van der Waals surface area contributed by atoms with Crippen LogP contribution in [0.25, 0.3) is 0 Å². The van der Waals surface area contributed by atoms with Crippen molar-refractivity contribution in [2.24, 2.45) is 12.8 Å². The van der Waals surface area contributed by atoms with Crippen LogP contribution in [0.5, 0.6) is 11.6 Å². The third-order valence-electron chi connectivity index (χ3n) is 1.85. The number of aryl methyl sites for hydroxylation is 1. The molecule has 2 heterocycles. The Bertz CT molecular complexity index is 524. The smallest absolute Gasteiger partial charge is 0.249 e. The monoisotopic (exact) mass is 235 g/mol. The van der Waals surface area contributed by atoms with E-state index in [2.05, 4.69) is 15.3 Å². The quantitative estimate of drug-likeness (QED) is 0.786. The van der Waals surface area contributed by atoms with Crippen molar-refractivity contribution in [1.29, 1.82) is 0 Å². The fourth-order valence-electron chi connectivity index (χ4n) is 1.14. The first kappa shape index (κ1) is 10.5. The number of rotatable bonds is 3. The maximum atomic E-state index is 5.54. The number of hydrogen-bond donors (Lipinski definition) is 1. The van der Waals surface area contributed by atoms with Gasteiger partial charge in [0.1, 0.15) is 4.99 Å². The first-order valence-electron chi connectivity index (χ1n) is 4.45. The summed E-state index contributed by atoms with van der Waals surface area (Å²) in [4.78, 5) is 0.216. The van der Waals surface area contributed by atoms with Crippen LogP contribution in [0.1, 0.15) is 5.56 Å². The number of nitrogens with two attached hydrogens (primary N) is 1. The van der Waals surface area contributed by atoms with Gasteiger partial charge in [0.15, 0.2) is 5.75 Å². The predicted molar refractivity (Wildman–Crippen MR) is 61.2 cm³/mol. The summed E-state index contributed by atoms with van der Waals surface area (Å²) in [5, 5.41) is 11.5. The molecule has 0 aliphatic rings. The molecule has 0 spiro atoms. The van der Waals surface area contributed by atoms with Crippen molar-refractivity contribution >= 4 is 17.2 Å². The van der Waals surface area contributed by atoms with E-state index in [1.165, 1.54) is 6.20 Å². The van der Waals surface area contributed by atoms with Crippen LogP contribution in [0.3, 0.4) is 0 Å². The molecule has 2 aromatic heterocycles. The second-order valence-electron chi connectivity index (χ2n) is 3.07. The molecule has 0 saturated heterocycles. The SMILES string of the molecule is Cn1cc(Oc2nnccc2C(N)=S)cn1. The van der Waals surface area contributed by atoms with Gasteiger partial charge in [-0.1, -0.05) is 12.2 Å². The molecule has 0 aliphatic heterocycles. The molecule has 2 N–H and O–H groups in total. The molecule has 2 aromatic rings. The topological polar surface area (TPSA) is 78.8 Å². The Morgan fingerprint density at radius 1 is 1.56 bits per heavy atom. The number of hydrogen-bond acceptors (Lipinski definition) is 5. The van der Waals surface area contributed by atoms with E-state index in [1.54, 1.807) is 30.2 Å². The third kappa shape index (κ3) is 2.14. The van der Waals surface area contributed by atoms with Crippen molar-refractivity contribution < 1.29 is 4.74 Å². The maximum Gasteiger partial charge on any atom is 0.249 e. The predicted octanol–water partition coefficient (Wildman–Crippen LogP) is 0.637. The molecule has 0 aliphatic carbocycles. The van der Waals surface area contributed by atoms with Crippen LogP contribution in [0.2, 0.25) is 0 Å². The summed E-state index contributed by atoms with van der Waals surface area (Å²) in [6, 6.07) is 1.65. The van der Waals surface area contributed by atoms with Gasteiger partial charge in [0, 0.05) is 7.05 Å². The Kier molecular flexibility index (Phi) is 2.78.